The van der Waals surface area contributed by atoms with Crippen LogP contribution in [0.2, 0.25) is 0 Å². The van der Waals surface area contributed by atoms with E-state index in [1.807, 2.05) is 0 Å². The molecule has 1 heterocycles. The van der Waals surface area contributed by atoms with E-state index in [0.29, 0.717) is 19.1 Å². The molecule has 0 aromatic rings. The molecule has 2 aliphatic rings. The number of nitrogens with zero attached hydrogens (tertiary/aromatic N) is 1. The quantitative estimate of drug-likeness (QED) is 0.679. The molecule has 0 spiro atoms. The first kappa shape index (κ1) is 12.3. The third-order valence-electron chi connectivity index (χ3n) is 3.07. The molecule has 0 aromatic carbocycles. The number of rotatable bonds is 5. The lowest BCUT2D eigenvalue weighted by Gasteiger charge is -2.32. The zero-order chi connectivity index (χ0) is 12.3. The van der Waals surface area contributed by atoms with Crippen molar-refractivity contribution < 1.29 is 14.0 Å². The van der Waals surface area contributed by atoms with Gasteiger partial charge in [0.1, 0.15) is 6.67 Å². The van der Waals surface area contributed by atoms with Crippen molar-refractivity contribution in [3.63, 3.8) is 0 Å². The third kappa shape index (κ3) is 3.39. The number of carbonyl (C=O) groups excluding carboxylic acids is 2. The topological polar surface area (TPSA) is 61.4 Å². The van der Waals surface area contributed by atoms with Gasteiger partial charge >= 0.3 is 0 Å². The molecule has 96 valence electrons. The summed E-state index contributed by atoms with van der Waals surface area (Å²) in [5, 5.41) is 5.85. The molecule has 1 aliphatic heterocycles. The molecular weight excluding hydrogens is 225 g/mol. The van der Waals surface area contributed by atoms with Gasteiger partial charge in [0.15, 0.2) is 0 Å². The second-order valence-electron chi connectivity index (χ2n) is 4.57. The summed E-state index contributed by atoms with van der Waals surface area (Å²) in [7, 11) is 0. The molecule has 1 atom stereocenters. The average Bonchev–Trinajstić information content (AvgIpc) is 3.08. The highest BCUT2D eigenvalue weighted by Crippen LogP contribution is 2.19. The summed E-state index contributed by atoms with van der Waals surface area (Å²) >= 11 is 0. The minimum absolute atomic E-state index is 0.0968. The first-order valence-corrected chi connectivity index (χ1v) is 6.08. The van der Waals surface area contributed by atoms with Crippen LogP contribution in [0.5, 0.6) is 0 Å². The van der Waals surface area contributed by atoms with Crippen molar-refractivity contribution in [3.8, 4) is 0 Å². The van der Waals surface area contributed by atoms with Crippen LogP contribution in [0.3, 0.4) is 0 Å². The van der Waals surface area contributed by atoms with Crippen molar-refractivity contribution in [2.24, 2.45) is 0 Å². The Kier molecular flexibility index (Phi) is 3.93. The molecule has 1 unspecified atom stereocenters. The van der Waals surface area contributed by atoms with Crippen LogP contribution in [0.1, 0.15) is 19.3 Å². The number of hydrogen-bond acceptors (Lipinski definition) is 3. The second-order valence-corrected chi connectivity index (χ2v) is 4.57. The second kappa shape index (κ2) is 5.44. The van der Waals surface area contributed by atoms with E-state index in [0.717, 1.165) is 12.8 Å². The normalized spacial score (nSPS) is 24.9. The third-order valence-corrected chi connectivity index (χ3v) is 3.07. The van der Waals surface area contributed by atoms with E-state index in [1.54, 1.807) is 0 Å². The molecule has 2 fully saturated rings. The highest BCUT2D eigenvalue weighted by molar-refractivity contribution is 5.89. The number of piperazine rings is 1. The van der Waals surface area contributed by atoms with E-state index < -0.39 is 12.7 Å². The van der Waals surface area contributed by atoms with Gasteiger partial charge in [-0.2, -0.15) is 0 Å². The standard InChI is InChI=1S/C11H18FN3O2/c12-3-5-15-6-4-13-9(11(15)17)7-10(16)14-8-1-2-8/h8-9,13H,1-7H2,(H,14,16). The van der Waals surface area contributed by atoms with E-state index >= 15 is 0 Å². The van der Waals surface area contributed by atoms with Crippen molar-refractivity contribution in [2.75, 3.05) is 26.3 Å². The molecule has 2 N–H and O–H groups in total. The molecule has 1 saturated carbocycles. The van der Waals surface area contributed by atoms with E-state index in [1.165, 1.54) is 4.90 Å². The maximum absolute atomic E-state index is 12.2. The van der Waals surface area contributed by atoms with Gasteiger partial charge in [0.25, 0.3) is 0 Å². The van der Waals surface area contributed by atoms with Crippen LogP contribution in [0.25, 0.3) is 0 Å². The minimum Gasteiger partial charge on any atom is -0.353 e. The average molecular weight is 243 g/mol. The maximum atomic E-state index is 12.2. The van der Waals surface area contributed by atoms with Crippen molar-refractivity contribution in [3.05, 3.63) is 0 Å². The lowest BCUT2D eigenvalue weighted by Crippen LogP contribution is -2.56. The van der Waals surface area contributed by atoms with Gasteiger partial charge in [-0.25, -0.2) is 4.39 Å². The number of halogens is 1. The maximum Gasteiger partial charge on any atom is 0.240 e. The molecule has 0 radical (unpaired) electrons. The summed E-state index contributed by atoms with van der Waals surface area (Å²) in [5.74, 6) is -0.264. The molecular formula is C11H18FN3O2. The summed E-state index contributed by atoms with van der Waals surface area (Å²) < 4.78 is 12.2. The molecule has 2 amide bonds. The smallest absolute Gasteiger partial charge is 0.240 e. The molecule has 17 heavy (non-hydrogen) atoms. The Morgan fingerprint density at radius 1 is 1.53 bits per heavy atom. The monoisotopic (exact) mass is 243 g/mol. The Morgan fingerprint density at radius 2 is 2.29 bits per heavy atom. The molecule has 6 heteroatoms. The van der Waals surface area contributed by atoms with Gasteiger partial charge in [-0.05, 0) is 12.8 Å². The zero-order valence-corrected chi connectivity index (χ0v) is 9.75. The SMILES string of the molecule is O=C(CC1NCCN(CCF)C1=O)NC1CC1. The lowest BCUT2D eigenvalue weighted by atomic mass is 10.1. The Balaban J connectivity index is 1.81. The Bertz CT molecular complexity index is 305. The predicted molar refractivity (Wildman–Crippen MR) is 60.1 cm³/mol. The van der Waals surface area contributed by atoms with Crippen LogP contribution >= 0.6 is 0 Å². The number of amides is 2. The van der Waals surface area contributed by atoms with Crippen molar-refractivity contribution >= 4 is 11.8 Å². The van der Waals surface area contributed by atoms with Crippen molar-refractivity contribution in [1.82, 2.24) is 15.5 Å². The summed E-state index contributed by atoms with van der Waals surface area (Å²) in [4.78, 5) is 24.9. The van der Waals surface area contributed by atoms with Crippen molar-refractivity contribution in [2.45, 2.75) is 31.3 Å². The van der Waals surface area contributed by atoms with E-state index in [9.17, 15) is 14.0 Å². The van der Waals surface area contributed by atoms with E-state index in [-0.39, 0.29) is 24.8 Å². The molecule has 5 nitrogen and oxygen atoms in total. The molecule has 2 rings (SSSR count). The van der Waals surface area contributed by atoms with Gasteiger partial charge in [0, 0.05) is 25.7 Å². The Morgan fingerprint density at radius 3 is 2.94 bits per heavy atom. The van der Waals surface area contributed by atoms with Gasteiger partial charge in [0.05, 0.1) is 12.5 Å². The van der Waals surface area contributed by atoms with Crippen LogP contribution in [0.4, 0.5) is 4.39 Å². The summed E-state index contributed by atoms with van der Waals surface area (Å²) in [5.41, 5.74) is 0. The predicted octanol–water partition coefficient (Wildman–Crippen LogP) is -0.575. The molecule has 0 bridgehead atoms. The Labute approximate surface area is 99.7 Å². The van der Waals surface area contributed by atoms with E-state index in [4.69, 9.17) is 0 Å². The lowest BCUT2D eigenvalue weighted by molar-refractivity contribution is -0.138. The van der Waals surface area contributed by atoms with Crippen LogP contribution in [0.15, 0.2) is 0 Å². The number of nitrogens with one attached hydrogen (secondary N) is 2. The fraction of sp³-hybridized carbons (Fsp3) is 0.818. The van der Waals surface area contributed by atoms with Crippen LogP contribution in [-0.4, -0.2) is 55.1 Å². The number of carbonyl (C=O) groups is 2. The van der Waals surface area contributed by atoms with Gasteiger partial charge < -0.3 is 15.5 Å². The molecule has 1 aliphatic carbocycles. The fourth-order valence-corrected chi connectivity index (χ4v) is 1.97. The van der Waals surface area contributed by atoms with Gasteiger partial charge in [0.2, 0.25) is 11.8 Å². The highest BCUT2D eigenvalue weighted by Gasteiger charge is 2.31. The first-order valence-electron chi connectivity index (χ1n) is 6.08. The van der Waals surface area contributed by atoms with Crippen LogP contribution in [-0.2, 0) is 9.59 Å². The van der Waals surface area contributed by atoms with Crippen molar-refractivity contribution in [1.29, 1.82) is 0 Å². The zero-order valence-electron chi connectivity index (χ0n) is 9.75. The minimum atomic E-state index is -0.535. The first-order chi connectivity index (χ1) is 8.20. The number of hydrogen-bond donors (Lipinski definition) is 2. The summed E-state index contributed by atoms with van der Waals surface area (Å²) in [6, 6.07) is -0.183. The Hall–Kier alpha value is -1.17. The number of alkyl halides is 1. The van der Waals surface area contributed by atoms with Crippen LogP contribution in [0, 0.1) is 0 Å². The summed E-state index contributed by atoms with van der Waals surface area (Å²) in [6.07, 6.45) is 2.22. The largest absolute Gasteiger partial charge is 0.353 e. The van der Waals surface area contributed by atoms with Gasteiger partial charge in [-0.1, -0.05) is 0 Å². The molecule has 0 aromatic heterocycles. The van der Waals surface area contributed by atoms with Gasteiger partial charge in [-0.3, -0.25) is 9.59 Å². The summed E-state index contributed by atoms with van der Waals surface area (Å²) in [6.45, 7) is 0.727. The van der Waals surface area contributed by atoms with E-state index in [2.05, 4.69) is 10.6 Å². The molecule has 1 saturated heterocycles. The highest BCUT2D eigenvalue weighted by atomic mass is 19.1. The van der Waals surface area contributed by atoms with Crippen LogP contribution < -0.4 is 10.6 Å². The van der Waals surface area contributed by atoms with Gasteiger partial charge in [-0.15, -0.1) is 0 Å². The fourth-order valence-electron chi connectivity index (χ4n) is 1.97.